The highest BCUT2D eigenvalue weighted by atomic mass is 32.2. The molecule has 5 heteroatoms. The molecule has 0 fully saturated rings. The SMILES string of the molecule is CN(C)Cc1ccc(CNS(=O)(=O)c2ccc3c(c2)CCC3)cc1. The summed E-state index contributed by atoms with van der Waals surface area (Å²) < 4.78 is 27.7. The van der Waals surface area contributed by atoms with Crippen molar-refractivity contribution in [3.8, 4) is 0 Å². The van der Waals surface area contributed by atoms with E-state index in [1.807, 2.05) is 50.5 Å². The molecule has 2 aromatic rings. The predicted octanol–water partition coefficient (Wildman–Crippen LogP) is 2.72. The molecular weight excluding hydrogens is 320 g/mol. The van der Waals surface area contributed by atoms with E-state index in [9.17, 15) is 8.42 Å². The fourth-order valence-electron chi connectivity index (χ4n) is 3.10. The van der Waals surface area contributed by atoms with Crippen LogP contribution in [0.25, 0.3) is 0 Å². The first-order valence-electron chi connectivity index (χ1n) is 8.28. The van der Waals surface area contributed by atoms with Gasteiger partial charge >= 0.3 is 0 Å². The maximum Gasteiger partial charge on any atom is 0.240 e. The number of nitrogens with zero attached hydrogens (tertiary/aromatic N) is 1. The molecule has 0 aromatic heterocycles. The number of nitrogens with one attached hydrogen (secondary N) is 1. The Morgan fingerprint density at radius 3 is 2.33 bits per heavy atom. The van der Waals surface area contributed by atoms with Gasteiger partial charge in [0.2, 0.25) is 10.0 Å². The molecule has 1 N–H and O–H groups in total. The Bertz CT molecular complexity index is 812. The molecule has 3 rings (SSSR count). The van der Waals surface area contributed by atoms with Gasteiger partial charge in [-0.05, 0) is 67.7 Å². The van der Waals surface area contributed by atoms with Crippen LogP contribution < -0.4 is 4.72 Å². The quantitative estimate of drug-likeness (QED) is 0.876. The molecule has 0 heterocycles. The lowest BCUT2D eigenvalue weighted by Crippen LogP contribution is -2.23. The van der Waals surface area contributed by atoms with Gasteiger partial charge in [0.25, 0.3) is 0 Å². The number of benzene rings is 2. The monoisotopic (exact) mass is 344 g/mol. The third-order valence-corrected chi connectivity index (χ3v) is 5.77. The maximum absolute atomic E-state index is 12.5. The van der Waals surface area contributed by atoms with Gasteiger partial charge in [-0.25, -0.2) is 13.1 Å². The van der Waals surface area contributed by atoms with Crippen LogP contribution in [0.4, 0.5) is 0 Å². The molecule has 0 atom stereocenters. The Hall–Kier alpha value is -1.69. The van der Waals surface area contributed by atoms with Crippen LogP contribution in [0.2, 0.25) is 0 Å². The van der Waals surface area contributed by atoms with Crippen LogP contribution in [0.5, 0.6) is 0 Å². The molecule has 0 amide bonds. The van der Waals surface area contributed by atoms with Gasteiger partial charge in [-0.15, -0.1) is 0 Å². The van der Waals surface area contributed by atoms with E-state index in [1.54, 1.807) is 6.07 Å². The van der Waals surface area contributed by atoms with Crippen LogP contribution >= 0.6 is 0 Å². The number of aryl methyl sites for hydroxylation is 2. The summed E-state index contributed by atoms with van der Waals surface area (Å²) in [6, 6.07) is 13.5. The Morgan fingerprint density at radius 2 is 1.62 bits per heavy atom. The average molecular weight is 344 g/mol. The molecule has 0 radical (unpaired) electrons. The number of hydrogen-bond donors (Lipinski definition) is 1. The summed E-state index contributed by atoms with van der Waals surface area (Å²) in [6.45, 7) is 1.18. The second-order valence-corrected chi connectivity index (χ2v) is 8.43. The van der Waals surface area contributed by atoms with Crippen LogP contribution in [0.15, 0.2) is 47.4 Å². The lowest BCUT2D eigenvalue weighted by Gasteiger charge is -2.11. The van der Waals surface area contributed by atoms with Gasteiger partial charge in [0.15, 0.2) is 0 Å². The molecule has 0 unspecified atom stereocenters. The third-order valence-electron chi connectivity index (χ3n) is 4.37. The molecule has 0 saturated carbocycles. The summed E-state index contributed by atoms with van der Waals surface area (Å²) in [6.07, 6.45) is 3.15. The molecule has 1 aliphatic carbocycles. The Morgan fingerprint density at radius 1 is 0.958 bits per heavy atom. The lowest BCUT2D eigenvalue weighted by atomic mass is 10.1. The third kappa shape index (κ3) is 4.04. The largest absolute Gasteiger partial charge is 0.305 e. The molecule has 1 aliphatic rings. The number of fused-ring (bicyclic) bond motifs is 1. The van der Waals surface area contributed by atoms with Crippen molar-refractivity contribution in [1.82, 2.24) is 9.62 Å². The van der Waals surface area contributed by atoms with E-state index in [-0.39, 0.29) is 0 Å². The van der Waals surface area contributed by atoms with Crippen LogP contribution in [0.3, 0.4) is 0 Å². The van der Waals surface area contributed by atoms with E-state index in [0.717, 1.165) is 31.4 Å². The minimum absolute atomic E-state index is 0.307. The predicted molar refractivity (Wildman–Crippen MR) is 96.3 cm³/mol. The Kier molecular flexibility index (Phi) is 5.04. The van der Waals surface area contributed by atoms with Crippen molar-refractivity contribution >= 4 is 10.0 Å². The number of rotatable bonds is 6. The van der Waals surface area contributed by atoms with Crippen molar-refractivity contribution in [1.29, 1.82) is 0 Å². The van der Waals surface area contributed by atoms with E-state index in [4.69, 9.17) is 0 Å². The minimum atomic E-state index is -3.47. The van der Waals surface area contributed by atoms with E-state index < -0.39 is 10.0 Å². The van der Waals surface area contributed by atoms with Crippen molar-refractivity contribution in [2.45, 2.75) is 37.2 Å². The van der Waals surface area contributed by atoms with E-state index in [1.165, 1.54) is 16.7 Å². The number of hydrogen-bond acceptors (Lipinski definition) is 3. The summed E-state index contributed by atoms with van der Waals surface area (Å²) in [5, 5.41) is 0. The smallest absolute Gasteiger partial charge is 0.240 e. The zero-order valence-electron chi connectivity index (χ0n) is 14.2. The van der Waals surface area contributed by atoms with Gasteiger partial charge in [0.1, 0.15) is 0 Å². The first-order chi connectivity index (χ1) is 11.4. The zero-order chi connectivity index (χ0) is 17.2. The minimum Gasteiger partial charge on any atom is -0.305 e. The standard InChI is InChI=1S/C19H24N2O2S/c1-21(2)14-16-8-6-15(7-9-16)13-20-24(22,23)19-11-10-17-4-3-5-18(17)12-19/h6-12,20H,3-5,13-14H2,1-2H3. The van der Waals surface area contributed by atoms with Crippen LogP contribution in [0.1, 0.15) is 28.7 Å². The Balaban J connectivity index is 1.67. The molecule has 0 spiro atoms. The van der Waals surface area contributed by atoms with Gasteiger partial charge in [0.05, 0.1) is 4.90 Å². The summed E-state index contributed by atoms with van der Waals surface area (Å²) in [5.41, 5.74) is 4.63. The molecule has 24 heavy (non-hydrogen) atoms. The van der Waals surface area contributed by atoms with Gasteiger partial charge in [-0.2, -0.15) is 0 Å². The highest BCUT2D eigenvalue weighted by Gasteiger charge is 2.18. The van der Waals surface area contributed by atoms with Crippen LogP contribution in [0, 0.1) is 0 Å². The second-order valence-electron chi connectivity index (χ2n) is 6.66. The zero-order valence-corrected chi connectivity index (χ0v) is 15.1. The highest BCUT2D eigenvalue weighted by Crippen LogP contribution is 2.24. The Labute approximate surface area is 144 Å². The van der Waals surface area contributed by atoms with Crippen molar-refractivity contribution in [3.63, 3.8) is 0 Å². The van der Waals surface area contributed by atoms with Crippen molar-refractivity contribution < 1.29 is 8.42 Å². The normalized spacial score (nSPS) is 14.1. The van der Waals surface area contributed by atoms with E-state index >= 15 is 0 Å². The summed E-state index contributed by atoms with van der Waals surface area (Å²) in [7, 11) is 0.585. The first-order valence-corrected chi connectivity index (χ1v) is 9.76. The van der Waals surface area contributed by atoms with Crippen molar-refractivity contribution in [2.75, 3.05) is 14.1 Å². The van der Waals surface area contributed by atoms with Gasteiger partial charge < -0.3 is 4.90 Å². The van der Waals surface area contributed by atoms with Crippen LogP contribution in [-0.2, 0) is 36.0 Å². The van der Waals surface area contributed by atoms with Gasteiger partial charge in [-0.1, -0.05) is 30.3 Å². The fraction of sp³-hybridized carbons (Fsp3) is 0.368. The lowest BCUT2D eigenvalue weighted by molar-refractivity contribution is 0.402. The van der Waals surface area contributed by atoms with E-state index in [2.05, 4.69) is 9.62 Å². The average Bonchev–Trinajstić information content (AvgIpc) is 3.01. The molecular formula is C19H24N2O2S. The second kappa shape index (κ2) is 7.05. The van der Waals surface area contributed by atoms with Crippen molar-refractivity contribution in [2.24, 2.45) is 0 Å². The topological polar surface area (TPSA) is 49.4 Å². The van der Waals surface area contributed by atoms with Crippen LogP contribution in [-0.4, -0.2) is 27.4 Å². The van der Waals surface area contributed by atoms with E-state index in [0.29, 0.717) is 11.4 Å². The molecule has 2 aromatic carbocycles. The van der Waals surface area contributed by atoms with Gasteiger partial charge in [-0.3, -0.25) is 0 Å². The first kappa shape index (κ1) is 17.1. The molecule has 4 nitrogen and oxygen atoms in total. The summed E-state index contributed by atoms with van der Waals surface area (Å²) in [4.78, 5) is 2.47. The fourth-order valence-corrected chi connectivity index (χ4v) is 4.17. The number of sulfonamides is 1. The van der Waals surface area contributed by atoms with Gasteiger partial charge in [0, 0.05) is 13.1 Å². The highest BCUT2D eigenvalue weighted by molar-refractivity contribution is 7.89. The van der Waals surface area contributed by atoms with Crippen molar-refractivity contribution in [3.05, 3.63) is 64.7 Å². The summed E-state index contributed by atoms with van der Waals surface area (Å²) >= 11 is 0. The molecule has 0 saturated heterocycles. The maximum atomic E-state index is 12.5. The summed E-state index contributed by atoms with van der Waals surface area (Å²) in [5.74, 6) is 0. The molecule has 128 valence electrons. The molecule has 0 bridgehead atoms. The molecule has 0 aliphatic heterocycles.